The van der Waals surface area contributed by atoms with Gasteiger partial charge in [-0.1, -0.05) is 11.6 Å². The molecule has 2 N–H and O–H groups in total. The molecule has 2 fully saturated rings. The zero-order chi connectivity index (χ0) is 15.5. The number of phenolic OH excluding ortho intramolecular Hbond substituents is 1. The number of hydrogen-bond acceptors (Lipinski definition) is 4. The number of nitrogens with zero attached hydrogens (tertiary/aromatic N) is 1. The molecule has 1 atom stereocenters. The van der Waals surface area contributed by atoms with E-state index < -0.39 is 0 Å². The third kappa shape index (κ3) is 4.65. The Bertz CT molecular complexity index is 506. The lowest BCUT2D eigenvalue weighted by atomic mass is 9.85. The Balaban J connectivity index is 0.00000144. The first kappa shape index (κ1) is 21.7. The molecule has 0 spiro atoms. The predicted molar refractivity (Wildman–Crippen MR) is 98.3 cm³/mol. The molecule has 8 heteroatoms. The molecule has 0 aliphatic carbocycles. The van der Waals surface area contributed by atoms with Gasteiger partial charge in [0, 0.05) is 51.0 Å². The number of piperazine rings is 1. The molecule has 0 amide bonds. The van der Waals surface area contributed by atoms with Crippen molar-refractivity contribution in [2.24, 2.45) is 5.92 Å². The van der Waals surface area contributed by atoms with Gasteiger partial charge in [-0.2, -0.15) is 0 Å². The van der Waals surface area contributed by atoms with Crippen LogP contribution in [-0.4, -0.2) is 49.4 Å². The lowest BCUT2D eigenvalue weighted by Crippen LogP contribution is -2.47. The van der Waals surface area contributed by atoms with Gasteiger partial charge in [-0.25, -0.2) is 4.39 Å². The smallest absolute Gasteiger partial charge is 0.141 e. The first-order valence-corrected chi connectivity index (χ1v) is 8.25. The van der Waals surface area contributed by atoms with Crippen LogP contribution in [0.15, 0.2) is 12.1 Å². The van der Waals surface area contributed by atoms with Crippen molar-refractivity contribution in [3.8, 4) is 5.75 Å². The van der Waals surface area contributed by atoms with Crippen LogP contribution >= 0.6 is 36.4 Å². The van der Waals surface area contributed by atoms with Crippen LogP contribution in [0.3, 0.4) is 0 Å². The van der Waals surface area contributed by atoms with Crippen LogP contribution in [0, 0.1) is 11.7 Å². The van der Waals surface area contributed by atoms with E-state index in [2.05, 4.69) is 10.2 Å². The van der Waals surface area contributed by atoms with Crippen molar-refractivity contribution in [1.82, 2.24) is 10.2 Å². The molecule has 0 radical (unpaired) electrons. The second kappa shape index (κ2) is 10.00. The summed E-state index contributed by atoms with van der Waals surface area (Å²) in [4.78, 5) is 2.26. The second-order valence-electron chi connectivity index (χ2n) is 5.97. The molecular weight excluding hydrogens is 378 g/mol. The maximum absolute atomic E-state index is 14.5. The largest absolute Gasteiger partial charge is 0.506 e. The average Bonchev–Trinajstić information content (AvgIpc) is 2.57. The number of nitrogens with one attached hydrogen (secondary N) is 1. The first-order valence-electron chi connectivity index (χ1n) is 7.88. The highest BCUT2D eigenvalue weighted by Gasteiger charge is 2.35. The van der Waals surface area contributed by atoms with Gasteiger partial charge in [-0.15, -0.1) is 24.8 Å². The number of halogens is 4. The highest BCUT2D eigenvalue weighted by atomic mass is 35.5. The summed E-state index contributed by atoms with van der Waals surface area (Å²) in [7, 11) is 0. The molecule has 2 saturated heterocycles. The molecule has 0 saturated carbocycles. The number of phenols is 1. The summed E-state index contributed by atoms with van der Waals surface area (Å²) in [6.07, 6.45) is 1.75. The summed E-state index contributed by atoms with van der Waals surface area (Å²) >= 11 is 6.04. The van der Waals surface area contributed by atoms with Crippen LogP contribution in [0.1, 0.15) is 24.4 Å². The Labute approximate surface area is 159 Å². The van der Waals surface area contributed by atoms with Crippen molar-refractivity contribution in [2.45, 2.75) is 18.9 Å². The van der Waals surface area contributed by atoms with Gasteiger partial charge in [0.15, 0.2) is 0 Å². The van der Waals surface area contributed by atoms with Crippen LogP contribution < -0.4 is 5.32 Å². The van der Waals surface area contributed by atoms with E-state index in [1.807, 2.05) is 0 Å². The normalized spacial score (nSPS) is 20.8. The Morgan fingerprint density at radius 1 is 1.21 bits per heavy atom. The van der Waals surface area contributed by atoms with Gasteiger partial charge in [0.05, 0.1) is 5.02 Å². The van der Waals surface area contributed by atoms with E-state index in [0.717, 1.165) is 39.0 Å². The molecule has 3 rings (SSSR count). The number of ether oxygens (including phenoxy) is 1. The summed E-state index contributed by atoms with van der Waals surface area (Å²) < 4.78 is 19.9. The number of benzene rings is 1. The molecular formula is C16H24Cl3FN2O2. The highest BCUT2D eigenvalue weighted by molar-refractivity contribution is 6.32. The van der Waals surface area contributed by atoms with E-state index >= 15 is 0 Å². The van der Waals surface area contributed by atoms with Crippen LogP contribution in [0.2, 0.25) is 5.02 Å². The molecule has 0 bridgehead atoms. The van der Waals surface area contributed by atoms with E-state index in [1.54, 1.807) is 0 Å². The quantitative estimate of drug-likeness (QED) is 0.815. The zero-order valence-electron chi connectivity index (χ0n) is 13.3. The van der Waals surface area contributed by atoms with Crippen molar-refractivity contribution in [3.05, 3.63) is 28.5 Å². The molecule has 2 aliphatic rings. The molecule has 1 aromatic carbocycles. The van der Waals surface area contributed by atoms with Gasteiger partial charge in [-0.05, 0) is 30.9 Å². The summed E-state index contributed by atoms with van der Waals surface area (Å²) in [5, 5.41) is 13.9. The van der Waals surface area contributed by atoms with Crippen LogP contribution in [0.25, 0.3) is 0 Å². The number of rotatable bonds is 3. The van der Waals surface area contributed by atoms with Crippen molar-refractivity contribution in [2.75, 3.05) is 39.4 Å². The van der Waals surface area contributed by atoms with Crippen LogP contribution in [-0.2, 0) is 4.74 Å². The van der Waals surface area contributed by atoms with Crippen molar-refractivity contribution < 1.29 is 14.2 Å². The third-order valence-electron chi connectivity index (χ3n) is 4.67. The Morgan fingerprint density at radius 3 is 2.46 bits per heavy atom. The van der Waals surface area contributed by atoms with Gasteiger partial charge >= 0.3 is 0 Å². The van der Waals surface area contributed by atoms with Gasteiger partial charge in [0.2, 0.25) is 0 Å². The fraction of sp³-hybridized carbons (Fsp3) is 0.625. The molecule has 24 heavy (non-hydrogen) atoms. The molecule has 4 nitrogen and oxygen atoms in total. The van der Waals surface area contributed by atoms with Gasteiger partial charge in [0.25, 0.3) is 0 Å². The Kier molecular flexibility index (Phi) is 9.06. The van der Waals surface area contributed by atoms with E-state index in [-0.39, 0.29) is 53.4 Å². The topological polar surface area (TPSA) is 44.7 Å². The molecule has 1 aromatic rings. The minimum Gasteiger partial charge on any atom is -0.506 e. The Morgan fingerprint density at radius 2 is 1.83 bits per heavy atom. The van der Waals surface area contributed by atoms with Crippen molar-refractivity contribution in [1.29, 1.82) is 0 Å². The van der Waals surface area contributed by atoms with Gasteiger partial charge in [-0.3, -0.25) is 4.90 Å². The summed E-state index contributed by atoms with van der Waals surface area (Å²) in [6, 6.07) is 2.62. The van der Waals surface area contributed by atoms with E-state index in [4.69, 9.17) is 16.3 Å². The van der Waals surface area contributed by atoms with Gasteiger partial charge < -0.3 is 15.2 Å². The van der Waals surface area contributed by atoms with Crippen LogP contribution in [0.4, 0.5) is 4.39 Å². The monoisotopic (exact) mass is 400 g/mol. The van der Waals surface area contributed by atoms with Crippen molar-refractivity contribution in [3.63, 3.8) is 0 Å². The number of aromatic hydroxyl groups is 1. The van der Waals surface area contributed by atoms with Crippen LogP contribution in [0.5, 0.6) is 5.75 Å². The predicted octanol–water partition coefficient (Wildman–Crippen LogP) is 3.40. The zero-order valence-corrected chi connectivity index (χ0v) is 15.7. The molecule has 0 unspecified atom stereocenters. The maximum atomic E-state index is 14.5. The van der Waals surface area contributed by atoms with Crippen molar-refractivity contribution >= 4 is 36.4 Å². The lowest BCUT2D eigenvalue weighted by Gasteiger charge is -2.41. The fourth-order valence-corrected chi connectivity index (χ4v) is 3.71. The van der Waals surface area contributed by atoms with E-state index in [1.165, 1.54) is 12.1 Å². The minimum atomic E-state index is -0.378. The summed E-state index contributed by atoms with van der Waals surface area (Å²) in [5.74, 6) is -0.223. The minimum absolute atomic E-state index is 0. The molecule has 2 heterocycles. The fourth-order valence-electron chi connectivity index (χ4n) is 3.55. The summed E-state index contributed by atoms with van der Waals surface area (Å²) in [6.45, 7) is 4.82. The third-order valence-corrected chi connectivity index (χ3v) is 4.97. The van der Waals surface area contributed by atoms with Gasteiger partial charge in [0.1, 0.15) is 11.6 Å². The standard InChI is InChI=1S/C16H22ClFN2O2.2ClH/c17-12-1-2-13(18)14(16(12)21)15(11-3-9-22-10-4-11)20-7-5-19-6-8-20;;/h1-2,11,15,19,21H,3-10H2;2*1H/t15-;;/m0../s1. The molecule has 138 valence electrons. The highest BCUT2D eigenvalue weighted by Crippen LogP contribution is 2.42. The van der Waals surface area contributed by atoms with E-state index in [0.29, 0.717) is 18.8 Å². The summed E-state index contributed by atoms with van der Waals surface area (Å²) in [5.41, 5.74) is 0.348. The first-order chi connectivity index (χ1) is 10.7. The molecule has 2 aliphatic heterocycles. The maximum Gasteiger partial charge on any atom is 0.141 e. The second-order valence-corrected chi connectivity index (χ2v) is 6.38. The SMILES string of the molecule is Cl.Cl.Oc1c(Cl)ccc(F)c1[C@H](C1CCOCC1)N1CCNCC1. The molecule has 0 aromatic heterocycles. The number of hydrogen-bond donors (Lipinski definition) is 2. The Hall–Kier alpha value is -0.300. The lowest BCUT2D eigenvalue weighted by molar-refractivity contribution is 0.0196. The average molecular weight is 402 g/mol. The van der Waals surface area contributed by atoms with E-state index in [9.17, 15) is 9.50 Å².